The molecular formula is C69H52. The second kappa shape index (κ2) is 14.4. The molecule has 0 N–H and O–H groups in total. The van der Waals surface area contributed by atoms with Crippen LogP contribution >= 0.6 is 0 Å². The number of hydrogen-bond donors (Lipinski definition) is 0. The molecular weight excluding hydrogens is 829 g/mol. The molecule has 0 amide bonds. The Morgan fingerprint density at radius 3 is 1.04 bits per heavy atom. The van der Waals surface area contributed by atoms with Crippen LogP contribution in [-0.2, 0) is 6.42 Å². The lowest BCUT2D eigenvalue weighted by molar-refractivity contribution is 1.29. The van der Waals surface area contributed by atoms with Gasteiger partial charge in [0, 0.05) is 0 Å². The predicted molar refractivity (Wildman–Crippen MR) is 302 cm³/mol. The fourth-order valence-corrected chi connectivity index (χ4v) is 13.8. The van der Waals surface area contributed by atoms with Crippen molar-refractivity contribution in [2.24, 2.45) is 0 Å². The zero-order valence-electron chi connectivity index (χ0n) is 40.7. The molecule has 0 aliphatic carbocycles. The summed E-state index contributed by atoms with van der Waals surface area (Å²) in [5, 5.41) is 27.0. The Bertz CT molecular complexity index is 4240. The van der Waals surface area contributed by atoms with Crippen LogP contribution in [-0.4, -0.2) is 0 Å². The molecule has 0 spiro atoms. The van der Waals surface area contributed by atoms with Gasteiger partial charge < -0.3 is 0 Å². The number of rotatable bonds is 4. The highest BCUT2D eigenvalue weighted by molar-refractivity contribution is 6.42. The maximum absolute atomic E-state index is 2.46. The monoisotopic (exact) mass is 880 g/mol. The first-order valence-electron chi connectivity index (χ1n) is 24.8. The van der Waals surface area contributed by atoms with Gasteiger partial charge in [-0.15, -0.1) is 0 Å². The minimum absolute atomic E-state index is 0.757. The molecule has 14 rings (SSSR count). The molecule has 0 radical (unpaired) electrons. The van der Waals surface area contributed by atoms with E-state index in [1.807, 2.05) is 0 Å². The Hall–Kier alpha value is -7.80. The van der Waals surface area contributed by atoms with Gasteiger partial charge >= 0.3 is 0 Å². The largest absolute Gasteiger partial charge is 0.0610 e. The fourth-order valence-electron chi connectivity index (χ4n) is 13.8. The highest BCUT2D eigenvalue weighted by Gasteiger charge is 2.27. The first-order chi connectivity index (χ1) is 33.5. The van der Waals surface area contributed by atoms with Gasteiger partial charge in [-0.3, -0.25) is 0 Å². The van der Waals surface area contributed by atoms with Crippen LogP contribution < -0.4 is 0 Å². The summed E-state index contributed by atoms with van der Waals surface area (Å²) in [5.74, 6) is 0. The summed E-state index contributed by atoms with van der Waals surface area (Å²) in [7, 11) is 0. The maximum Gasteiger partial charge on any atom is -0.0000638 e. The SMILES string of the molecule is Cc1cc(C)cc(-c2cccc3c(Cc4c5cccc(-c6cc(C)cc(C)c6)c5c5ccc6cccc7c8cc(C)cc(C)c8c4c5c67)c4c5c(C)cc(C)cc5c5cccc6ccc(c23)c4c65)c1. The summed E-state index contributed by atoms with van der Waals surface area (Å²) < 4.78 is 0. The highest BCUT2D eigenvalue weighted by atomic mass is 14.3. The minimum atomic E-state index is 0.757. The normalized spacial score (nSPS) is 12.4. The van der Waals surface area contributed by atoms with Crippen LogP contribution in [0.5, 0.6) is 0 Å². The Morgan fingerprint density at radius 2 is 0.623 bits per heavy atom. The van der Waals surface area contributed by atoms with E-state index in [0.717, 1.165) is 6.42 Å². The van der Waals surface area contributed by atoms with Crippen molar-refractivity contribution in [3.8, 4) is 22.3 Å². The van der Waals surface area contributed by atoms with Crippen molar-refractivity contribution >= 4 is 108 Å². The third-order valence-electron chi connectivity index (χ3n) is 16.0. The molecule has 0 saturated heterocycles. The van der Waals surface area contributed by atoms with Crippen molar-refractivity contribution in [1.29, 1.82) is 0 Å². The van der Waals surface area contributed by atoms with Crippen molar-refractivity contribution in [3.05, 3.63) is 213 Å². The molecule has 0 aromatic heterocycles. The van der Waals surface area contributed by atoms with E-state index in [0.29, 0.717) is 0 Å². The van der Waals surface area contributed by atoms with Crippen LogP contribution in [0.3, 0.4) is 0 Å². The lowest BCUT2D eigenvalue weighted by Gasteiger charge is -2.26. The predicted octanol–water partition coefficient (Wildman–Crippen LogP) is 19.5. The summed E-state index contributed by atoms with van der Waals surface area (Å²) in [5.41, 5.74) is 18.4. The molecule has 0 aliphatic rings. The third-order valence-corrected chi connectivity index (χ3v) is 16.0. The van der Waals surface area contributed by atoms with Gasteiger partial charge in [-0.2, -0.15) is 0 Å². The van der Waals surface area contributed by atoms with Gasteiger partial charge in [-0.05, 0) is 214 Å². The smallest absolute Gasteiger partial charge is 0.0000638 e. The van der Waals surface area contributed by atoms with Crippen LogP contribution in [0.4, 0.5) is 0 Å². The van der Waals surface area contributed by atoms with E-state index in [4.69, 9.17) is 0 Å². The first kappa shape index (κ1) is 40.3. The van der Waals surface area contributed by atoms with Gasteiger partial charge in [0.1, 0.15) is 0 Å². The van der Waals surface area contributed by atoms with Crippen LogP contribution in [0, 0.1) is 55.4 Å². The highest BCUT2D eigenvalue weighted by Crippen LogP contribution is 2.53. The average Bonchev–Trinajstić information content (AvgIpc) is 3.32. The summed E-state index contributed by atoms with van der Waals surface area (Å²) in [6, 6.07) is 61.8. The number of hydrogen-bond acceptors (Lipinski definition) is 0. The van der Waals surface area contributed by atoms with E-state index in [1.54, 1.807) is 0 Å². The van der Waals surface area contributed by atoms with Crippen LogP contribution in [0.2, 0.25) is 0 Å². The number of benzene rings is 14. The van der Waals surface area contributed by atoms with E-state index in [1.165, 1.54) is 186 Å². The lowest BCUT2D eigenvalue weighted by Crippen LogP contribution is -2.02. The second-order valence-corrected chi connectivity index (χ2v) is 20.9. The number of aryl methyl sites for hydroxylation is 8. The Balaban J connectivity index is 1.26. The van der Waals surface area contributed by atoms with E-state index < -0.39 is 0 Å². The topological polar surface area (TPSA) is 0 Å². The molecule has 0 nitrogen and oxygen atoms in total. The van der Waals surface area contributed by atoms with Crippen molar-refractivity contribution in [2.75, 3.05) is 0 Å². The number of fused-ring (bicyclic) bond motifs is 10. The average molecular weight is 881 g/mol. The Labute approximate surface area is 403 Å². The molecule has 14 aromatic rings. The van der Waals surface area contributed by atoms with Crippen molar-refractivity contribution in [3.63, 3.8) is 0 Å². The fraction of sp³-hybridized carbons (Fsp3) is 0.130. The Kier molecular flexibility index (Phi) is 8.39. The quantitative estimate of drug-likeness (QED) is 0.122. The molecule has 0 aliphatic heterocycles. The molecule has 0 heterocycles. The molecule has 0 heteroatoms. The lowest BCUT2D eigenvalue weighted by atomic mass is 9.77. The first-order valence-corrected chi connectivity index (χ1v) is 24.8. The van der Waals surface area contributed by atoms with Gasteiger partial charge in [-0.25, -0.2) is 0 Å². The minimum Gasteiger partial charge on any atom is -0.0610 e. The van der Waals surface area contributed by atoms with Gasteiger partial charge in [-0.1, -0.05) is 191 Å². The molecule has 0 saturated carbocycles. The van der Waals surface area contributed by atoms with Crippen LogP contribution in [0.1, 0.15) is 55.6 Å². The summed E-state index contributed by atoms with van der Waals surface area (Å²) >= 11 is 0. The zero-order valence-corrected chi connectivity index (χ0v) is 40.7. The summed E-state index contributed by atoms with van der Waals surface area (Å²) in [4.78, 5) is 0. The standard InChI is InChI=1S/C69H52/c1-36-25-37(2)30-46(29-36)48-15-11-19-52-58(68-60-42(7)27-40(5)33-56(60)50-17-9-13-44-21-23-54(64(48)52)66(68)62(44)50)35-59-53-20-12-16-49(47-31-38(3)26-39(4)32-47)65(53)55-24-22-45-14-10-18-51-57-34-41(6)28-43(8)61(57)69(59)67(55)63(45)51/h9-34H,35H2,1-8H3. The van der Waals surface area contributed by atoms with Gasteiger partial charge in [0.25, 0.3) is 0 Å². The molecule has 0 unspecified atom stereocenters. The van der Waals surface area contributed by atoms with Gasteiger partial charge in [0.15, 0.2) is 0 Å². The molecule has 0 bridgehead atoms. The molecule has 0 fully saturated rings. The third kappa shape index (κ3) is 5.64. The maximum atomic E-state index is 2.46. The van der Waals surface area contributed by atoms with E-state index in [9.17, 15) is 0 Å². The molecule has 14 aromatic carbocycles. The Morgan fingerprint density at radius 1 is 0.246 bits per heavy atom. The van der Waals surface area contributed by atoms with E-state index in [-0.39, 0.29) is 0 Å². The van der Waals surface area contributed by atoms with E-state index >= 15 is 0 Å². The molecule has 69 heavy (non-hydrogen) atoms. The van der Waals surface area contributed by atoms with Gasteiger partial charge in [0.2, 0.25) is 0 Å². The van der Waals surface area contributed by atoms with Crippen LogP contribution in [0.15, 0.2) is 158 Å². The summed E-state index contributed by atoms with van der Waals surface area (Å²) in [6.07, 6.45) is 0.757. The molecule has 328 valence electrons. The van der Waals surface area contributed by atoms with Crippen molar-refractivity contribution < 1.29 is 0 Å². The molecule has 0 atom stereocenters. The summed E-state index contributed by atoms with van der Waals surface area (Å²) in [6.45, 7) is 18.2. The van der Waals surface area contributed by atoms with Crippen molar-refractivity contribution in [1.82, 2.24) is 0 Å². The van der Waals surface area contributed by atoms with E-state index in [2.05, 4.69) is 213 Å². The second-order valence-electron chi connectivity index (χ2n) is 20.9. The van der Waals surface area contributed by atoms with Gasteiger partial charge in [0.05, 0.1) is 0 Å². The van der Waals surface area contributed by atoms with Crippen molar-refractivity contribution in [2.45, 2.75) is 61.8 Å². The van der Waals surface area contributed by atoms with Crippen LogP contribution in [0.25, 0.3) is 130 Å². The zero-order chi connectivity index (χ0) is 46.7.